The number of nitrogens with zero attached hydrogens (tertiary/aromatic N) is 3. The van der Waals surface area contributed by atoms with Gasteiger partial charge in [-0.3, -0.25) is 19.3 Å². The minimum Gasteiger partial charge on any atom is -0.459 e. The summed E-state index contributed by atoms with van der Waals surface area (Å²) < 4.78 is 5.19. The lowest BCUT2D eigenvalue weighted by molar-refractivity contribution is -0.138. The molecule has 3 amide bonds. The van der Waals surface area contributed by atoms with Gasteiger partial charge < -0.3 is 19.5 Å². The van der Waals surface area contributed by atoms with Gasteiger partial charge in [0, 0.05) is 51.7 Å². The molecule has 170 valence electrons. The molecule has 0 unspecified atom stereocenters. The number of nitrogens with one attached hydrogen (secondary N) is 1. The van der Waals surface area contributed by atoms with E-state index >= 15 is 0 Å². The molecule has 2 aliphatic rings. The molecule has 2 fully saturated rings. The third kappa shape index (κ3) is 5.56. The first-order valence-corrected chi connectivity index (χ1v) is 11.2. The molecule has 8 nitrogen and oxygen atoms in total. The van der Waals surface area contributed by atoms with Gasteiger partial charge in [0.25, 0.3) is 5.91 Å². The number of amides is 3. The van der Waals surface area contributed by atoms with Crippen LogP contribution in [0.15, 0.2) is 53.1 Å². The number of rotatable bonds is 6. The Bertz CT molecular complexity index is 899. The molecule has 0 bridgehead atoms. The summed E-state index contributed by atoms with van der Waals surface area (Å²) in [7, 11) is 0. The Kier molecular flexibility index (Phi) is 7.21. The van der Waals surface area contributed by atoms with Crippen molar-refractivity contribution in [3.8, 4) is 0 Å². The molecule has 0 aliphatic carbocycles. The zero-order valence-corrected chi connectivity index (χ0v) is 18.2. The summed E-state index contributed by atoms with van der Waals surface area (Å²) in [6.45, 7) is 4.67. The van der Waals surface area contributed by atoms with E-state index in [-0.39, 0.29) is 23.6 Å². The van der Waals surface area contributed by atoms with E-state index in [1.165, 1.54) is 6.26 Å². The molecule has 0 spiro atoms. The second kappa shape index (κ2) is 10.5. The Hall–Kier alpha value is -3.13. The van der Waals surface area contributed by atoms with Gasteiger partial charge in [0.2, 0.25) is 11.8 Å². The molecule has 2 saturated heterocycles. The van der Waals surface area contributed by atoms with Crippen LogP contribution in [0.4, 0.5) is 0 Å². The normalized spacial score (nSPS) is 17.9. The first kappa shape index (κ1) is 22.1. The summed E-state index contributed by atoms with van der Waals surface area (Å²) in [6, 6.07) is 13.2. The maximum Gasteiger partial charge on any atom is 0.289 e. The van der Waals surface area contributed by atoms with Crippen molar-refractivity contribution in [2.24, 2.45) is 5.92 Å². The van der Waals surface area contributed by atoms with Crippen molar-refractivity contribution in [3.63, 3.8) is 0 Å². The van der Waals surface area contributed by atoms with Gasteiger partial charge in [-0.1, -0.05) is 30.3 Å². The summed E-state index contributed by atoms with van der Waals surface area (Å²) in [5.74, 6) is 0.362. The fourth-order valence-electron chi connectivity index (χ4n) is 4.33. The minimum atomic E-state index is -0.111. The van der Waals surface area contributed by atoms with Gasteiger partial charge in [-0.15, -0.1) is 0 Å². The van der Waals surface area contributed by atoms with E-state index in [1.54, 1.807) is 17.0 Å². The third-order valence-electron chi connectivity index (χ3n) is 6.25. The third-order valence-corrected chi connectivity index (χ3v) is 6.25. The van der Waals surface area contributed by atoms with Gasteiger partial charge in [0.1, 0.15) is 0 Å². The maximum absolute atomic E-state index is 13.0. The van der Waals surface area contributed by atoms with E-state index in [4.69, 9.17) is 4.42 Å². The van der Waals surface area contributed by atoms with Crippen LogP contribution >= 0.6 is 0 Å². The van der Waals surface area contributed by atoms with Crippen molar-refractivity contribution in [2.45, 2.75) is 19.4 Å². The number of benzene rings is 1. The molecular formula is C24H30N4O4. The largest absolute Gasteiger partial charge is 0.459 e. The second-order valence-corrected chi connectivity index (χ2v) is 8.41. The number of carbonyl (C=O) groups is 3. The molecule has 0 radical (unpaired) electrons. The zero-order chi connectivity index (χ0) is 22.3. The molecule has 32 heavy (non-hydrogen) atoms. The van der Waals surface area contributed by atoms with E-state index in [1.807, 2.05) is 35.2 Å². The smallest absolute Gasteiger partial charge is 0.289 e. The number of hydrogen-bond donors (Lipinski definition) is 1. The lowest BCUT2D eigenvalue weighted by Crippen LogP contribution is -2.53. The van der Waals surface area contributed by atoms with Crippen LogP contribution in [0.1, 0.15) is 29.0 Å². The predicted molar refractivity (Wildman–Crippen MR) is 119 cm³/mol. The molecule has 1 aromatic carbocycles. The van der Waals surface area contributed by atoms with Crippen LogP contribution in [0.2, 0.25) is 0 Å². The van der Waals surface area contributed by atoms with Crippen molar-refractivity contribution in [1.82, 2.24) is 20.0 Å². The Morgan fingerprint density at radius 1 is 0.875 bits per heavy atom. The first-order chi connectivity index (χ1) is 15.6. The number of piperidine rings is 1. The number of carbonyl (C=O) groups excluding carboxylic acids is 3. The van der Waals surface area contributed by atoms with Gasteiger partial charge in [-0.25, -0.2) is 0 Å². The van der Waals surface area contributed by atoms with Gasteiger partial charge in [0.05, 0.1) is 12.8 Å². The summed E-state index contributed by atoms with van der Waals surface area (Å²) in [5.41, 5.74) is 1.08. The highest BCUT2D eigenvalue weighted by Gasteiger charge is 2.32. The van der Waals surface area contributed by atoms with Crippen LogP contribution in [0.25, 0.3) is 0 Å². The van der Waals surface area contributed by atoms with E-state index < -0.39 is 0 Å². The SMILES string of the molecule is O=C(CN1CCN(C(=O)C2CCN(C(=O)c3ccco3)CC2)CC1)NCc1ccccc1. The van der Waals surface area contributed by atoms with Crippen LogP contribution in [0.5, 0.6) is 0 Å². The van der Waals surface area contributed by atoms with Crippen LogP contribution in [0, 0.1) is 5.92 Å². The first-order valence-electron chi connectivity index (χ1n) is 11.2. The zero-order valence-electron chi connectivity index (χ0n) is 18.2. The van der Waals surface area contributed by atoms with Crippen LogP contribution < -0.4 is 5.32 Å². The highest BCUT2D eigenvalue weighted by molar-refractivity contribution is 5.91. The van der Waals surface area contributed by atoms with Crippen molar-refractivity contribution >= 4 is 17.7 Å². The topological polar surface area (TPSA) is 86.1 Å². The Morgan fingerprint density at radius 2 is 1.59 bits per heavy atom. The summed E-state index contributed by atoms with van der Waals surface area (Å²) in [5, 5.41) is 2.96. The standard InChI is InChI=1S/C24H30N4O4/c29-22(25-17-19-5-2-1-3-6-19)18-26-12-14-28(15-13-26)23(30)20-8-10-27(11-9-20)24(31)21-7-4-16-32-21/h1-7,16,20H,8-15,17-18H2,(H,25,29). The highest BCUT2D eigenvalue weighted by Crippen LogP contribution is 2.22. The van der Waals surface area contributed by atoms with E-state index in [0.29, 0.717) is 71.0 Å². The van der Waals surface area contributed by atoms with Gasteiger partial charge in [-0.05, 0) is 30.5 Å². The number of furan rings is 1. The van der Waals surface area contributed by atoms with E-state index in [9.17, 15) is 14.4 Å². The van der Waals surface area contributed by atoms with Gasteiger partial charge in [-0.2, -0.15) is 0 Å². The average molecular weight is 439 g/mol. The molecule has 2 aliphatic heterocycles. The number of hydrogen-bond acceptors (Lipinski definition) is 5. The molecule has 1 aromatic heterocycles. The van der Waals surface area contributed by atoms with E-state index in [2.05, 4.69) is 10.2 Å². The van der Waals surface area contributed by atoms with Crippen molar-refractivity contribution in [1.29, 1.82) is 0 Å². The molecule has 4 rings (SSSR count). The fourth-order valence-corrected chi connectivity index (χ4v) is 4.33. The van der Waals surface area contributed by atoms with Crippen molar-refractivity contribution in [2.75, 3.05) is 45.8 Å². The predicted octanol–water partition coefficient (Wildman–Crippen LogP) is 1.59. The Balaban J connectivity index is 1.16. The second-order valence-electron chi connectivity index (χ2n) is 8.41. The fraction of sp³-hybridized carbons (Fsp3) is 0.458. The molecular weight excluding hydrogens is 408 g/mol. The summed E-state index contributed by atoms with van der Waals surface area (Å²) in [6.07, 6.45) is 2.84. The average Bonchev–Trinajstić information content (AvgIpc) is 3.38. The van der Waals surface area contributed by atoms with Gasteiger partial charge >= 0.3 is 0 Å². The van der Waals surface area contributed by atoms with Crippen molar-refractivity contribution < 1.29 is 18.8 Å². The molecule has 0 atom stereocenters. The van der Waals surface area contributed by atoms with Crippen LogP contribution in [-0.4, -0.2) is 78.2 Å². The lowest BCUT2D eigenvalue weighted by Gasteiger charge is -2.38. The molecule has 3 heterocycles. The lowest BCUT2D eigenvalue weighted by atomic mass is 9.94. The summed E-state index contributed by atoms with van der Waals surface area (Å²) >= 11 is 0. The monoisotopic (exact) mass is 438 g/mol. The number of piperazine rings is 1. The minimum absolute atomic E-state index is 0.00206. The van der Waals surface area contributed by atoms with Crippen LogP contribution in [0.3, 0.4) is 0 Å². The molecule has 8 heteroatoms. The molecule has 0 saturated carbocycles. The molecule has 2 aromatic rings. The molecule has 1 N–H and O–H groups in total. The maximum atomic E-state index is 13.0. The quantitative estimate of drug-likeness (QED) is 0.740. The highest BCUT2D eigenvalue weighted by atomic mass is 16.3. The Labute approximate surface area is 188 Å². The number of likely N-dealkylation sites (tertiary alicyclic amines) is 1. The summed E-state index contributed by atoms with van der Waals surface area (Å²) in [4.78, 5) is 43.3. The van der Waals surface area contributed by atoms with Gasteiger partial charge in [0.15, 0.2) is 5.76 Å². The Morgan fingerprint density at radius 3 is 2.25 bits per heavy atom. The van der Waals surface area contributed by atoms with E-state index in [0.717, 1.165) is 5.56 Å². The van der Waals surface area contributed by atoms with Crippen LogP contribution in [-0.2, 0) is 16.1 Å². The van der Waals surface area contributed by atoms with Crippen molar-refractivity contribution in [3.05, 3.63) is 60.1 Å².